The molecule has 0 radical (unpaired) electrons. The van der Waals surface area contributed by atoms with Gasteiger partial charge in [0.05, 0.1) is 0 Å². The molecule has 9 heteroatoms. The van der Waals surface area contributed by atoms with Gasteiger partial charge in [0.2, 0.25) is 0 Å². The number of fused-ring (bicyclic) bond motifs is 1. The molecule has 0 unspecified atom stereocenters. The number of nitrogens with two attached hydrogens (primary N) is 1. The summed E-state index contributed by atoms with van der Waals surface area (Å²) >= 11 is 0. The summed E-state index contributed by atoms with van der Waals surface area (Å²) in [6.07, 6.45) is -8.99. The summed E-state index contributed by atoms with van der Waals surface area (Å²) in [6, 6.07) is 5.04. The monoisotopic (exact) mass is 336 g/mol. The predicted molar refractivity (Wildman–Crippen MR) is 78.5 cm³/mol. The molecular weight excluding hydrogens is 321 g/mol. The third-order valence-electron chi connectivity index (χ3n) is 3.70. The fourth-order valence-electron chi connectivity index (χ4n) is 2.57. The third kappa shape index (κ3) is 3.83. The van der Waals surface area contributed by atoms with E-state index in [4.69, 9.17) is 5.73 Å². The van der Waals surface area contributed by atoms with E-state index in [1.165, 1.54) is 6.20 Å². The number of rotatable bonds is 4. The highest BCUT2D eigenvalue weighted by atomic mass is 19.4. The first-order valence-corrected chi connectivity index (χ1v) is 6.96. The van der Waals surface area contributed by atoms with Crippen molar-refractivity contribution in [1.82, 2.24) is 4.57 Å². The molecule has 126 valence electrons. The summed E-state index contributed by atoms with van der Waals surface area (Å²) in [4.78, 5) is 0. The fourth-order valence-corrected chi connectivity index (χ4v) is 2.57. The third-order valence-corrected chi connectivity index (χ3v) is 3.70. The molecule has 0 spiro atoms. The maximum absolute atomic E-state index is 12.8. The van der Waals surface area contributed by atoms with Crippen LogP contribution in [0.15, 0.2) is 24.4 Å². The molecule has 0 saturated heterocycles. The highest BCUT2D eigenvalue weighted by molar-refractivity contribution is 6.33. The van der Waals surface area contributed by atoms with E-state index in [-0.39, 0.29) is 6.54 Å². The van der Waals surface area contributed by atoms with Crippen molar-refractivity contribution in [1.29, 1.82) is 0 Å². The molecule has 1 heterocycles. The summed E-state index contributed by atoms with van der Waals surface area (Å²) in [5.74, 6) is -3.41. The van der Waals surface area contributed by atoms with E-state index in [0.29, 0.717) is 22.9 Å². The Kier molecular flexibility index (Phi) is 4.70. The lowest BCUT2D eigenvalue weighted by atomic mass is 9.94. The molecule has 1 aromatic heterocycles. The van der Waals surface area contributed by atoms with Crippen molar-refractivity contribution < 1.29 is 26.3 Å². The second-order valence-corrected chi connectivity index (χ2v) is 5.50. The first kappa shape index (κ1) is 17.7. The van der Waals surface area contributed by atoms with Crippen LogP contribution in [0.3, 0.4) is 0 Å². The van der Waals surface area contributed by atoms with E-state index in [1.54, 1.807) is 26.0 Å². The van der Waals surface area contributed by atoms with Crippen LogP contribution in [-0.2, 0) is 13.0 Å². The van der Waals surface area contributed by atoms with Crippen molar-refractivity contribution in [3.8, 4) is 0 Å². The molecule has 0 amide bonds. The molecule has 0 fully saturated rings. The van der Waals surface area contributed by atoms with Crippen molar-refractivity contribution in [3.63, 3.8) is 0 Å². The highest BCUT2D eigenvalue weighted by Crippen LogP contribution is 2.41. The van der Waals surface area contributed by atoms with Gasteiger partial charge >= 0.3 is 12.4 Å². The normalized spacial score (nSPS) is 13.2. The zero-order valence-electron chi connectivity index (χ0n) is 12.3. The van der Waals surface area contributed by atoms with Gasteiger partial charge < -0.3 is 10.3 Å². The molecular formula is C14H15BF6N2. The second kappa shape index (κ2) is 6.11. The minimum absolute atomic E-state index is 0.259. The average molecular weight is 336 g/mol. The maximum atomic E-state index is 12.8. The number of halogens is 6. The largest absolute Gasteiger partial charge is 0.402 e. The molecule has 1 aromatic carbocycles. The van der Waals surface area contributed by atoms with Crippen LogP contribution in [0.25, 0.3) is 10.9 Å². The second-order valence-electron chi connectivity index (χ2n) is 5.50. The van der Waals surface area contributed by atoms with Crippen LogP contribution in [0.1, 0.15) is 5.56 Å². The van der Waals surface area contributed by atoms with Gasteiger partial charge in [-0.15, -0.1) is 0 Å². The Bertz CT molecular complexity index is 675. The van der Waals surface area contributed by atoms with Gasteiger partial charge in [0.25, 0.3) is 0 Å². The Hall–Kier alpha value is -1.64. The average Bonchev–Trinajstić information content (AvgIpc) is 2.71. The smallest absolute Gasteiger partial charge is 0.346 e. The molecule has 0 aliphatic carbocycles. The molecule has 0 saturated carbocycles. The number of aromatic nitrogens is 1. The molecule has 0 bridgehead atoms. The number of alkyl halides is 6. The van der Waals surface area contributed by atoms with E-state index >= 15 is 0 Å². The minimum atomic E-state index is -5.35. The van der Waals surface area contributed by atoms with Crippen LogP contribution in [0, 0.1) is 5.92 Å². The predicted octanol–water partition coefficient (Wildman–Crippen LogP) is 2.14. The maximum Gasteiger partial charge on any atom is 0.402 e. The van der Waals surface area contributed by atoms with Gasteiger partial charge in [0.1, 0.15) is 7.85 Å². The van der Waals surface area contributed by atoms with E-state index in [0.717, 1.165) is 10.0 Å². The summed E-state index contributed by atoms with van der Waals surface area (Å²) in [5, 5.41) is 0.629. The summed E-state index contributed by atoms with van der Waals surface area (Å²) < 4.78 is 77.7. The SMILES string of the molecule is Bc1ccc2c(CCN)cn(CC(C(F)(F)F)C(F)(F)F)c2c1. The Morgan fingerprint density at radius 1 is 1.09 bits per heavy atom. The zero-order chi connectivity index (χ0) is 17.4. The van der Waals surface area contributed by atoms with Crippen LogP contribution < -0.4 is 11.2 Å². The topological polar surface area (TPSA) is 30.9 Å². The van der Waals surface area contributed by atoms with E-state index < -0.39 is 24.8 Å². The van der Waals surface area contributed by atoms with Gasteiger partial charge in [-0.05, 0) is 24.6 Å². The molecule has 0 atom stereocenters. The van der Waals surface area contributed by atoms with Gasteiger partial charge in [-0.2, -0.15) is 26.3 Å². The molecule has 0 aliphatic heterocycles. The standard InChI is InChI=1S/C14H15BF6N2/c15-9-1-2-10-8(3-4-22)6-23(11(10)5-9)7-12(13(16,17)18)14(19,20)21/h1-2,5-6,12H,3-4,7,15,22H2. The number of hydrogen-bond acceptors (Lipinski definition) is 1. The molecule has 2 aromatic rings. The molecule has 2 rings (SSSR count). The van der Waals surface area contributed by atoms with Crippen molar-refractivity contribution >= 4 is 24.2 Å². The Labute approximate surface area is 129 Å². The van der Waals surface area contributed by atoms with Crippen molar-refractivity contribution in [2.45, 2.75) is 25.3 Å². The van der Waals surface area contributed by atoms with Gasteiger partial charge in [-0.1, -0.05) is 17.6 Å². The van der Waals surface area contributed by atoms with Crippen LogP contribution in [-0.4, -0.2) is 31.3 Å². The van der Waals surface area contributed by atoms with E-state index in [2.05, 4.69) is 0 Å². The van der Waals surface area contributed by atoms with Crippen LogP contribution in [0.5, 0.6) is 0 Å². The van der Waals surface area contributed by atoms with Gasteiger partial charge in [0.15, 0.2) is 5.92 Å². The summed E-state index contributed by atoms with van der Waals surface area (Å²) in [6.45, 7) is -0.938. The van der Waals surface area contributed by atoms with E-state index in [1.807, 2.05) is 0 Å². The van der Waals surface area contributed by atoms with Gasteiger partial charge in [-0.3, -0.25) is 0 Å². The molecule has 0 aliphatic rings. The first-order chi connectivity index (χ1) is 10.5. The van der Waals surface area contributed by atoms with Crippen LogP contribution in [0.2, 0.25) is 0 Å². The molecule has 2 nitrogen and oxygen atoms in total. The molecule has 23 heavy (non-hydrogen) atoms. The lowest BCUT2D eigenvalue weighted by Crippen LogP contribution is -2.39. The number of hydrogen-bond donors (Lipinski definition) is 1. The van der Waals surface area contributed by atoms with Gasteiger partial charge in [0, 0.05) is 23.6 Å². The summed E-state index contributed by atoms with van der Waals surface area (Å²) in [5.41, 5.74) is 7.22. The zero-order valence-corrected chi connectivity index (χ0v) is 12.3. The molecule has 2 N–H and O–H groups in total. The van der Waals surface area contributed by atoms with Crippen molar-refractivity contribution in [2.24, 2.45) is 11.7 Å². The highest BCUT2D eigenvalue weighted by Gasteiger charge is 2.56. The number of nitrogens with zero attached hydrogens (tertiary/aromatic N) is 1. The minimum Gasteiger partial charge on any atom is -0.346 e. The van der Waals surface area contributed by atoms with Crippen molar-refractivity contribution in [2.75, 3.05) is 6.54 Å². The lowest BCUT2D eigenvalue weighted by molar-refractivity contribution is -0.287. The lowest BCUT2D eigenvalue weighted by Gasteiger charge is -2.23. The Balaban J connectivity index is 2.52. The quantitative estimate of drug-likeness (QED) is 0.673. The Morgan fingerprint density at radius 3 is 2.22 bits per heavy atom. The Morgan fingerprint density at radius 2 is 1.70 bits per heavy atom. The van der Waals surface area contributed by atoms with E-state index in [9.17, 15) is 26.3 Å². The first-order valence-electron chi connectivity index (χ1n) is 6.96. The summed E-state index contributed by atoms with van der Waals surface area (Å²) in [7, 11) is 1.73. The van der Waals surface area contributed by atoms with Crippen LogP contribution in [0.4, 0.5) is 26.3 Å². The van der Waals surface area contributed by atoms with Gasteiger partial charge in [-0.25, -0.2) is 0 Å². The number of benzene rings is 1. The van der Waals surface area contributed by atoms with Crippen molar-refractivity contribution in [3.05, 3.63) is 30.0 Å². The van der Waals surface area contributed by atoms with Crippen LogP contribution >= 0.6 is 0 Å². The fraction of sp³-hybridized carbons (Fsp3) is 0.429.